The van der Waals surface area contributed by atoms with Crippen LogP contribution in [0.15, 0.2) is 35.1 Å². The minimum Gasteiger partial charge on any atom is -0.351 e. The molecule has 0 radical (unpaired) electrons. The molecule has 6 heteroatoms. The Labute approximate surface area is 146 Å². The number of halogens is 1. The second kappa shape index (κ2) is 8.64. The highest BCUT2D eigenvalue weighted by atomic mass is 35.5. The summed E-state index contributed by atoms with van der Waals surface area (Å²) >= 11 is 5.90. The van der Waals surface area contributed by atoms with Gasteiger partial charge >= 0.3 is 0 Å². The molecule has 0 bridgehead atoms. The minimum atomic E-state index is -0.431. The molecule has 0 spiro atoms. The quantitative estimate of drug-likeness (QED) is 0.779. The van der Waals surface area contributed by atoms with E-state index in [4.69, 9.17) is 11.6 Å². The Kier molecular flexibility index (Phi) is 6.55. The van der Waals surface area contributed by atoms with Crippen molar-refractivity contribution in [3.63, 3.8) is 0 Å². The molecule has 5 nitrogen and oxygen atoms in total. The van der Waals surface area contributed by atoms with Gasteiger partial charge in [0.1, 0.15) is 0 Å². The monoisotopic (exact) mass is 347 g/mol. The third-order valence-corrected chi connectivity index (χ3v) is 3.96. The van der Waals surface area contributed by atoms with Gasteiger partial charge in [0.05, 0.1) is 5.69 Å². The zero-order valence-electron chi connectivity index (χ0n) is 14.0. The van der Waals surface area contributed by atoms with E-state index >= 15 is 0 Å². The number of aryl methyl sites for hydroxylation is 1. The fourth-order valence-corrected chi connectivity index (χ4v) is 2.51. The summed E-state index contributed by atoms with van der Waals surface area (Å²) in [6.07, 6.45) is 4.24. The van der Waals surface area contributed by atoms with Gasteiger partial charge in [-0.3, -0.25) is 9.59 Å². The van der Waals surface area contributed by atoms with Crippen LogP contribution in [0.25, 0.3) is 5.69 Å². The molecule has 1 aromatic carbocycles. The van der Waals surface area contributed by atoms with Crippen molar-refractivity contribution in [2.45, 2.75) is 39.5 Å². The van der Waals surface area contributed by atoms with E-state index in [2.05, 4.69) is 17.3 Å². The number of carbonyl (C=O) groups excluding carboxylic acids is 1. The van der Waals surface area contributed by atoms with Gasteiger partial charge in [0.15, 0.2) is 5.69 Å². The largest absolute Gasteiger partial charge is 0.351 e. The van der Waals surface area contributed by atoms with Gasteiger partial charge < -0.3 is 5.32 Å². The summed E-state index contributed by atoms with van der Waals surface area (Å²) in [6, 6.07) is 8.49. The van der Waals surface area contributed by atoms with Crippen LogP contribution in [0.1, 0.15) is 48.8 Å². The average molecular weight is 348 g/mol. The van der Waals surface area contributed by atoms with Gasteiger partial charge in [-0.2, -0.15) is 5.10 Å². The third-order valence-electron chi connectivity index (χ3n) is 3.71. The average Bonchev–Trinajstić information content (AvgIpc) is 2.55. The van der Waals surface area contributed by atoms with Gasteiger partial charge in [-0.25, -0.2) is 4.68 Å². The number of nitrogens with zero attached hydrogens (tertiary/aromatic N) is 2. The SMILES string of the molecule is CCCCCCNC(=O)c1nn(-c2ccc(Cl)cc2)c(C)cc1=O. The van der Waals surface area contributed by atoms with E-state index in [0.29, 0.717) is 17.3 Å². The van der Waals surface area contributed by atoms with E-state index in [1.54, 1.807) is 35.9 Å². The highest BCUT2D eigenvalue weighted by Crippen LogP contribution is 2.13. The Morgan fingerprint density at radius 3 is 2.58 bits per heavy atom. The number of rotatable bonds is 7. The highest BCUT2D eigenvalue weighted by molar-refractivity contribution is 6.30. The van der Waals surface area contributed by atoms with E-state index in [0.717, 1.165) is 31.4 Å². The topological polar surface area (TPSA) is 64.0 Å². The third kappa shape index (κ3) is 4.68. The van der Waals surface area contributed by atoms with Crippen LogP contribution < -0.4 is 10.7 Å². The Morgan fingerprint density at radius 1 is 1.21 bits per heavy atom. The van der Waals surface area contributed by atoms with Gasteiger partial charge in [0, 0.05) is 23.3 Å². The first kappa shape index (κ1) is 18.2. The van der Waals surface area contributed by atoms with Crippen molar-refractivity contribution in [2.75, 3.05) is 6.54 Å². The van der Waals surface area contributed by atoms with Gasteiger partial charge in [0.2, 0.25) is 5.43 Å². The lowest BCUT2D eigenvalue weighted by Crippen LogP contribution is -2.32. The lowest BCUT2D eigenvalue weighted by molar-refractivity contribution is 0.0945. The first-order chi connectivity index (χ1) is 11.5. The predicted molar refractivity (Wildman–Crippen MR) is 96.1 cm³/mol. The number of hydrogen-bond donors (Lipinski definition) is 1. The molecule has 0 saturated heterocycles. The zero-order valence-corrected chi connectivity index (χ0v) is 14.8. The van der Waals surface area contributed by atoms with Crippen molar-refractivity contribution in [2.24, 2.45) is 0 Å². The Bertz CT molecular complexity index is 754. The summed E-state index contributed by atoms with van der Waals surface area (Å²) < 4.78 is 1.57. The first-order valence-corrected chi connectivity index (χ1v) is 8.56. The number of benzene rings is 1. The van der Waals surface area contributed by atoms with Gasteiger partial charge in [-0.1, -0.05) is 37.8 Å². The summed E-state index contributed by atoms with van der Waals surface area (Å²) in [5.41, 5.74) is 0.936. The van der Waals surface area contributed by atoms with Crippen LogP contribution in [0.3, 0.4) is 0 Å². The maximum atomic E-state index is 12.2. The Balaban J connectivity index is 2.18. The number of hydrogen-bond acceptors (Lipinski definition) is 3. The first-order valence-electron chi connectivity index (χ1n) is 8.18. The lowest BCUT2D eigenvalue weighted by atomic mass is 10.2. The molecule has 1 heterocycles. The summed E-state index contributed by atoms with van der Waals surface area (Å²) in [7, 11) is 0. The summed E-state index contributed by atoms with van der Waals surface area (Å²) in [4.78, 5) is 24.3. The summed E-state index contributed by atoms with van der Waals surface area (Å²) in [5.74, 6) is -0.431. The number of carbonyl (C=O) groups is 1. The molecule has 1 amide bonds. The van der Waals surface area contributed by atoms with E-state index in [9.17, 15) is 9.59 Å². The van der Waals surface area contributed by atoms with Crippen molar-refractivity contribution in [1.82, 2.24) is 15.1 Å². The fourth-order valence-electron chi connectivity index (χ4n) is 2.39. The molecule has 0 fully saturated rings. The van der Waals surface area contributed by atoms with E-state index in [-0.39, 0.29) is 11.1 Å². The van der Waals surface area contributed by atoms with Crippen molar-refractivity contribution < 1.29 is 4.79 Å². The van der Waals surface area contributed by atoms with Crippen molar-refractivity contribution in [3.05, 3.63) is 57.0 Å². The van der Waals surface area contributed by atoms with Crippen LogP contribution >= 0.6 is 11.6 Å². The number of nitrogens with one attached hydrogen (secondary N) is 1. The second-order valence-electron chi connectivity index (χ2n) is 5.70. The van der Waals surface area contributed by atoms with Crippen LogP contribution in [0.4, 0.5) is 0 Å². The number of unbranched alkanes of at least 4 members (excludes halogenated alkanes) is 3. The van der Waals surface area contributed by atoms with E-state index in [1.165, 1.54) is 6.07 Å². The molecule has 128 valence electrons. The predicted octanol–water partition coefficient (Wildman–Crippen LogP) is 3.50. The summed E-state index contributed by atoms with van der Waals surface area (Å²) in [6.45, 7) is 4.46. The van der Waals surface area contributed by atoms with E-state index in [1.807, 2.05) is 0 Å². The molecule has 0 aliphatic heterocycles. The van der Waals surface area contributed by atoms with Crippen molar-refractivity contribution >= 4 is 17.5 Å². The molecule has 0 aliphatic rings. The summed E-state index contributed by atoms with van der Waals surface area (Å²) in [5, 5.41) is 7.62. The molecule has 2 aromatic rings. The molecular formula is C18H22ClN3O2. The highest BCUT2D eigenvalue weighted by Gasteiger charge is 2.14. The van der Waals surface area contributed by atoms with Crippen LogP contribution in [0, 0.1) is 6.92 Å². The molecule has 1 N–H and O–H groups in total. The van der Waals surface area contributed by atoms with Crippen LogP contribution in [-0.2, 0) is 0 Å². The number of aromatic nitrogens is 2. The van der Waals surface area contributed by atoms with Crippen LogP contribution in [0.2, 0.25) is 5.02 Å². The zero-order chi connectivity index (χ0) is 17.5. The van der Waals surface area contributed by atoms with E-state index < -0.39 is 5.91 Å². The Morgan fingerprint density at radius 2 is 1.92 bits per heavy atom. The van der Waals surface area contributed by atoms with Crippen LogP contribution in [0.5, 0.6) is 0 Å². The van der Waals surface area contributed by atoms with Crippen molar-refractivity contribution in [3.8, 4) is 5.69 Å². The number of amides is 1. The smallest absolute Gasteiger partial charge is 0.275 e. The molecule has 0 atom stereocenters. The molecule has 0 aliphatic carbocycles. The van der Waals surface area contributed by atoms with Gasteiger partial charge in [0.25, 0.3) is 5.91 Å². The standard InChI is InChI=1S/C18H22ClN3O2/c1-3-4-5-6-11-20-18(24)17-16(23)12-13(2)22(21-17)15-9-7-14(19)8-10-15/h7-10,12H,3-6,11H2,1-2H3,(H,20,24). The molecular weight excluding hydrogens is 326 g/mol. The maximum Gasteiger partial charge on any atom is 0.275 e. The molecule has 2 rings (SSSR count). The maximum absolute atomic E-state index is 12.2. The van der Waals surface area contributed by atoms with Gasteiger partial charge in [-0.15, -0.1) is 0 Å². The normalized spacial score (nSPS) is 10.6. The van der Waals surface area contributed by atoms with Gasteiger partial charge in [-0.05, 0) is 37.6 Å². The Hall–Kier alpha value is -2.14. The van der Waals surface area contributed by atoms with Crippen molar-refractivity contribution in [1.29, 1.82) is 0 Å². The second-order valence-corrected chi connectivity index (χ2v) is 6.14. The lowest BCUT2D eigenvalue weighted by Gasteiger charge is -2.11. The molecule has 1 aromatic heterocycles. The minimum absolute atomic E-state index is 0.0916. The molecule has 0 unspecified atom stereocenters. The molecule has 24 heavy (non-hydrogen) atoms. The molecule has 0 saturated carbocycles. The fraction of sp³-hybridized carbons (Fsp3) is 0.389. The van der Waals surface area contributed by atoms with Crippen LogP contribution in [-0.4, -0.2) is 22.2 Å².